The van der Waals surface area contributed by atoms with Gasteiger partial charge >= 0.3 is 5.97 Å². The molecule has 2 saturated heterocycles. The summed E-state index contributed by atoms with van der Waals surface area (Å²) in [6.07, 6.45) is 3.82. The predicted molar refractivity (Wildman–Crippen MR) is 64.7 cm³/mol. The van der Waals surface area contributed by atoms with Gasteiger partial charge in [-0.05, 0) is 38.1 Å². The summed E-state index contributed by atoms with van der Waals surface area (Å²) in [5.74, 6) is 0.493. The summed E-state index contributed by atoms with van der Waals surface area (Å²) in [7, 11) is 0. The quantitative estimate of drug-likeness (QED) is 0.755. The lowest BCUT2D eigenvalue weighted by molar-refractivity contribution is -0.157. The number of carbonyl (C=O) groups is 1. The molecule has 4 nitrogen and oxygen atoms in total. The van der Waals surface area contributed by atoms with Crippen molar-refractivity contribution in [2.45, 2.75) is 32.6 Å². The van der Waals surface area contributed by atoms with Crippen molar-refractivity contribution in [2.75, 3.05) is 32.9 Å². The van der Waals surface area contributed by atoms with Gasteiger partial charge in [-0.1, -0.05) is 6.92 Å². The number of rotatable bonds is 4. The predicted octanol–water partition coefficient (Wildman–Crippen LogP) is 1.35. The summed E-state index contributed by atoms with van der Waals surface area (Å²) >= 11 is 0. The van der Waals surface area contributed by atoms with Gasteiger partial charge in [0.05, 0.1) is 12.0 Å². The summed E-state index contributed by atoms with van der Waals surface area (Å²) in [6, 6.07) is 0. The molecule has 0 aromatic heterocycles. The van der Waals surface area contributed by atoms with Crippen molar-refractivity contribution in [3.8, 4) is 0 Å². The van der Waals surface area contributed by atoms with E-state index in [9.17, 15) is 4.79 Å². The fourth-order valence-electron chi connectivity index (χ4n) is 2.62. The van der Waals surface area contributed by atoms with Crippen molar-refractivity contribution in [1.82, 2.24) is 5.32 Å². The zero-order valence-corrected chi connectivity index (χ0v) is 10.7. The molecule has 0 aliphatic carbocycles. The van der Waals surface area contributed by atoms with Crippen molar-refractivity contribution in [3.63, 3.8) is 0 Å². The molecule has 2 heterocycles. The maximum absolute atomic E-state index is 12.1. The van der Waals surface area contributed by atoms with E-state index >= 15 is 0 Å². The number of nitrogens with one attached hydrogen (secondary N) is 1. The van der Waals surface area contributed by atoms with Crippen LogP contribution in [-0.2, 0) is 14.3 Å². The smallest absolute Gasteiger partial charge is 0.313 e. The first-order valence-corrected chi connectivity index (χ1v) is 6.72. The summed E-state index contributed by atoms with van der Waals surface area (Å²) in [4.78, 5) is 12.1. The second-order valence-corrected chi connectivity index (χ2v) is 5.21. The first-order valence-electron chi connectivity index (χ1n) is 6.72. The van der Waals surface area contributed by atoms with E-state index in [0.29, 0.717) is 12.5 Å². The van der Waals surface area contributed by atoms with Gasteiger partial charge < -0.3 is 14.8 Å². The average Bonchev–Trinajstić information content (AvgIpc) is 2.87. The highest BCUT2D eigenvalue weighted by Gasteiger charge is 2.41. The highest BCUT2D eigenvalue weighted by Crippen LogP contribution is 2.31. The van der Waals surface area contributed by atoms with Gasteiger partial charge in [0.1, 0.15) is 0 Å². The molecule has 2 rings (SSSR count). The van der Waals surface area contributed by atoms with Crippen LogP contribution in [0.5, 0.6) is 0 Å². The normalized spacial score (nSPS) is 30.4. The van der Waals surface area contributed by atoms with Crippen LogP contribution in [0.3, 0.4) is 0 Å². The van der Waals surface area contributed by atoms with Crippen LogP contribution in [0.2, 0.25) is 0 Å². The minimum absolute atomic E-state index is 0.00325. The standard InChI is InChI=1S/C13H23NO3/c1-2-13(5-6-14-10-13)12(15)17-9-11-3-7-16-8-4-11/h11,14H,2-10H2,1H3. The fraction of sp³-hybridized carbons (Fsp3) is 0.923. The summed E-state index contributed by atoms with van der Waals surface area (Å²) in [5, 5.41) is 3.26. The molecule has 0 radical (unpaired) electrons. The van der Waals surface area contributed by atoms with Gasteiger partial charge in [0, 0.05) is 19.8 Å². The maximum atomic E-state index is 12.1. The van der Waals surface area contributed by atoms with Crippen molar-refractivity contribution in [1.29, 1.82) is 0 Å². The molecule has 0 spiro atoms. The lowest BCUT2D eigenvalue weighted by Gasteiger charge is -2.27. The Kier molecular flexibility index (Phi) is 4.40. The minimum atomic E-state index is -0.259. The van der Waals surface area contributed by atoms with E-state index in [-0.39, 0.29) is 11.4 Å². The van der Waals surface area contributed by atoms with E-state index in [1.165, 1.54) is 0 Å². The molecule has 0 aromatic carbocycles. The maximum Gasteiger partial charge on any atom is 0.313 e. The van der Waals surface area contributed by atoms with E-state index in [0.717, 1.165) is 52.0 Å². The van der Waals surface area contributed by atoms with Crippen LogP contribution in [0.25, 0.3) is 0 Å². The van der Waals surface area contributed by atoms with Crippen LogP contribution in [0.4, 0.5) is 0 Å². The Labute approximate surface area is 103 Å². The number of hydrogen-bond donors (Lipinski definition) is 1. The first kappa shape index (κ1) is 12.8. The molecule has 17 heavy (non-hydrogen) atoms. The third-order valence-electron chi connectivity index (χ3n) is 4.14. The molecule has 2 aliphatic heterocycles. The summed E-state index contributed by atoms with van der Waals surface area (Å²) in [5.41, 5.74) is -0.259. The fourth-order valence-corrected chi connectivity index (χ4v) is 2.62. The Bertz CT molecular complexity index is 255. The monoisotopic (exact) mass is 241 g/mol. The molecule has 98 valence electrons. The molecule has 0 bridgehead atoms. The van der Waals surface area contributed by atoms with E-state index in [1.54, 1.807) is 0 Å². The summed E-state index contributed by atoms with van der Waals surface area (Å²) in [6.45, 7) is 5.97. The first-order chi connectivity index (χ1) is 8.27. The van der Waals surface area contributed by atoms with E-state index < -0.39 is 0 Å². The lowest BCUT2D eigenvalue weighted by Crippen LogP contribution is -2.36. The molecular weight excluding hydrogens is 218 g/mol. The topological polar surface area (TPSA) is 47.6 Å². The largest absolute Gasteiger partial charge is 0.465 e. The van der Waals surface area contributed by atoms with Crippen molar-refractivity contribution >= 4 is 5.97 Å². The molecule has 2 aliphatic rings. The number of esters is 1. The van der Waals surface area contributed by atoms with E-state index in [2.05, 4.69) is 12.2 Å². The Morgan fingerprint density at radius 2 is 2.24 bits per heavy atom. The Morgan fingerprint density at radius 1 is 1.47 bits per heavy atom. The highest BCUT2D eigenvalue weighted by molar-refractivity contribution is 5.77. The van der Waals surface area contributed by atoms with Crippen LogP contribution in [0.1, 0.15) is 32.6 Å². The third kappa shape index (κ3) is 2.99. The molecular formula is C13H23NO3. The Hall–Kier alpha value is -0.610. The van der Waals surface area contributed by atoms with Crippen LogP contribution < -0.4 is 5.32 Å². The van der Waals surface area contributed by atoms with Crippen molar-refractivity contribution < 1.29 is 14.3 Å². The van der Waals surface area contributed by atoms with Crippen LogP contribution in [0, 0.1) is 11.3 Å². The van der Waals surface area contributed by atoms with Gasteiger partial charge in [0.2, 0.25) is 0 Å². The van der Waals surface area contributed by atoms with Gasteiger partial charge in [-0.3, -0.25) is 4.79 Å². The van der Waals surface area contributed by atoms with E-state index in [1.807, 2.05) is 0 Å². The minimum Gasteiger partial charge on any atom is -0.465 e. The van der Waals surface area contributed by atoms with Crippen molar-refractivity contribution in [2.24, 2.45) is 11.3 Å². The number of hydrogen-bond acceptors (Lipinski definition) is 4. The highest BCUT2D eigenvalue weighted by atomic mass is 16.5. The third-order valence-corrected chi connectivity index (χ3v) is 4.14. The molecule has 1 unspecified atom stereocenters. The molecule has 0 aromatic rings. The molecule has 4 heteroatoms. The average molecular weight is 241 g/mol. The lowest BCUT2D eigenvalue weighted by atomic mass is 9.84. The molecule has 0 saturated carbocycles. The molecule has 1 atom stereocenters. The van der Waals surface area contributed by atoms with Gasteiger partial charge in [-0.25, -0.2) is 0 Å². The van der Waals surface area contributed by atoms with Gasteiger partial charge in [0.25, 0.3) is 0 Å². The second kappa shape index (κ2) is 5.83. The zero-order chi connectivity index (χ0) is 12.1. The number of carbonyl (C=O) groups excluding carboxylic acids is 1. The second-order valence-electron chi connectivity index (χ2n) is 5.21. The molecule has 1 N–H and O–H groups in total. The Balaban J connectivity index is 1.79. The van der Waals surface area contributed by atoms with Crippen LogP contribution in [-0.4, -0.2) is 38.9 Å². The molecule has 2 fully saturated rings. The van der Waals surface area contributed by atoms with Crippen molar-refractivity contribution in [3.05, 3.63) is 0 Å². The van der Waals surface area contributed by atoms with Crippen LogP contribution >= 0.6 is 0 Å². The number of ether oxygens (including phenoxy) is 2. The van der Waals surface area contributed by atoms with E-state index in [4.69, 9.17) is 9.47 Å². The van der Waals surface area contributed by atoms with Gasteiger partial charge in [-0.15, -0.1) is 0 Å². The SMILES string of the molecule is CCC1(C(=O)OCC2CCOCC2)CCNC1. The summed E-state index contributed by atoms with van der Waals surface area (Å²) < 4.78 is 10.8. The Morgan fingerprint density at radius 3 is 2.82 bits per heavy atom. The van der Waals surface area contributed by atoms with Gasteiger partial charge in [-0.2, -0.15) is 0 Å². The zero-order valence-electron chi connectivity index (χ0n) is 10.7. The molecule has 0 amide bonds. The van der Waals surface area contributed by atoms with Crippen LogP contribution in [0.15, 0.2) is 0 Å². The van der Waals surface area contributed by atoms with Gasteiger partial charge in [0.15, 0.2) is 0 Å².